The number of likely N-dealkylation sites (N-methyl/N-ethyl adjacent to an activating group) is 1. The molecule has 0 spiro atoms. The molecule has 1 aromatic rings. The highest BCUT2D eigenvalue weighted by molar-refractivity contribution is 9.10. The zero-order valence-electron chi connectivity index (χ0n) is 12.4. The second-order valence-electron chi connectivity index (χ2n) is 5.90. The summed E-state index contributed by atoms with van der Waals surface area (Å²) in [4.78, 5) is 14.1. The van der Waals surface area contributed by atoms with Gasteiger partial charge in [-0.3, -0.25) is 9.69 Å². The molecule has 0 heterocycles. The van der Waals surface area contributed by atoms with Gasteiger partial charge >= 0.3 is 0 Å². The Labute approximate surface area is 134 Å². The minimum atomic E-state index is -0.717. The van der Waals surface area contributed by atoms with Gasteiger partial charge < -0.3 is 5.32 Å². The number of nitriles is 1. The quantitative estimate of drug-likeness (QED) is 0.858. The normalized spacial score (nSPS) is 17.1. The molecule has 1 aliphatic carbocycles. The Morgan fingerprint density at radius 1 is 1.52 bits per heavy atom. The number of hydrogen-bond donors (Lipinski definition) is 1. The molecule has 1 aromatic carbocycles. The van der Waals surface area contributed by atoms with Crippen LogP contribution in [0, 0.1) is 17.2 Å². The summed E-state index contributed by atoms with van der Waals surface area (Å²) in [6, 6.07) is 10.2. The lowest BCUT2D eigenvalue weighted by molar-refractivity contribution is -0.123. The molecular formula is C16H20BrN3O. The summed E-state index contributed by atoms with van der Waals surface area (Å²) in [5.74, 6) is 0.209. The highest BCUT2D eigenvalue weighted by Gasteiger charge is 2.42. The molecule has 4 nitrogen and oxygen atoms in total. The SMILES string of the molecule is CN(CC(=O)NC(C)(C#N)C1CC1)Cc1ccccc1Br. The first-order chi connectivity index (χ1) is 9.94. The van der Waals surface area contributed by atoms with Gasteiger partial charge in [-0.15, -0.1) is 0 Å². The molecule has 1 atom stereocenters. The van der Waals surface area contributed by atoms with Gasteiger partial charge in [0.15, 0.2) is 0 Å². The topological polar surface area (TPSA) is 56.1 Å². The van der Waals surface area contributed by atoms with Crippen LogP contribution in [-0.2, 0) is 11.3 Å². The first-order valence-corrected chi connectivity index (χ1v) is 7.88. The van der Waals surface area contributed by atoms with Gasteiger partial charge in [0.05, 0.1) is 12.6 Å². The molecule has 1 amide bonds. The third-order valence-electron chi connectivity index (χ3n) is 3.84. The number of amides is 1. The van der Waals surface area contributed by atoms with Crippen LogP contribution >= 0.6 is 15.9 Å². The minimum absolute atomic E-state index is 0.0968. The van der Waals surface area contributed by atoms with Crippen molar-refractivity contribution in [2.75, 3.05) is 13.6 Å². The lowest BCUT2D eigenvalue weighted by Crippen LogP contribution is -2.49. The Morgan fingerprint density at radius 3 is 2.76 bits per heavy atom. The fraction of sp³-hybridized carbons (Fsp3) is 0.500. The van der Waals surface area contributed by atoms with Crippen molar-refractivity contribution in [3.63, 3.8) is 0 Å². The van der Waals surface area contributed by atoms with Crippen LogP contribution in [0.4, 0.5) is 0 Å². The van der Waals surface area contributed by atoms with Crippen molar-refractivity contribution in [2.45, 2.75) is 31.8 Å². The van der Waals surface area contributed by atoms with Gasteiger partial charge in [0, 0.05) is 11.0 Å². The monoisotopic (exact) mass is 349 g/mol. The van der Waals surface area contributed by atoms with E-state index in [1.807, 2.05) is 43.1 Å². The molecule has 0 aliphatic heterocycles. The molecule has 1 saturated carbocycles. The van der Waals surface area contributed by atoms with Gasteiger partial charge in [0.2, 0.25) is 5.91 Å². The van der Waals surface area contributed by atoms with E-state index in [2.05, 4.69) is 27.3 Å². The molecule has 112 valence electrons. The van der Waals surface area contributed by atoms with Crippen molar-refractivity contribution >= 4 is 21.8 Å². The van der Waals surface area contributed by atoms with Crippen molar-refractivity contribution in [2.24, 2.45) is 5.92 Å². The summed E-state index contributed by atoms with van der Waals surface area (Å²) < 4.78 is 1.04. The number of hydrogen-bond acceptors (Lipinski definition) is 3. The van der Waals surface area contributed by atoms with Crippen molar-refractivity contribution in [3.8, 4) is 6.07 Å². The van der Waals surface area contributed by atoms with E-state index in [1.54, 1.807) is 0 Å². The first-order valence-electron chi connectivity index (χ1n) is 7.09. The van der Waals surface area contributed by atoms with Crippen LogP contribution in [0.1, 0.15) is 25.3 Å². The summed E-state index contributed by atoms with van der Waals surface area (Å²) in [7, 11) is 1.90. The van der Waals surface area contributed by atoms with Crippen molar-refractivity contribution in [3.05, 3.63) is 34.3 Å². The standard InChI is InChI=1S/C16H20BrN3O/c1-16(11-18,13-7-8-13)19-15(21)10-20(2)9-12-5-3-4-6-14(12)17/h3-6,13H,7-10H2,1-2H3,(H,19,21). The van der Waals surface area contributed by atoms with Crippen molar-refractivity contribution in [1.82, 2.24) is 10.2 Å². The van der Waals surface area contributed by atoms with Crippen LogP contribution in [0.2, 0.25) is 0 Å². The van der Waals surface area contributed by atoms with E-state index in [9.17, 15) is 10.1 Å². The van der Waals surface area contributed by atoms with Gasteiger partial charge in [0.1, 0.15) is 5.54 Å². The average Bonchev–Trinajstić information content (AvgIpc) is 3.25. The number of halogens is 1. The fourth-order valence-electron chi connectivity index (χ4n) is 2.43. The predicted octanol–water partition coefficient (Wildman–Crippen LogP) is 2.69. The van der Waals surface area contributed by atoms with E-state index in [0.717, 1.165) is 22.9 Å². The average molecular weight is 350 g/mol. The number of nitrogens with one attached hydrogen (secondary N) is 1. The number of benzene rings is 1. The van der Waals surface area contributed by atoms with Gasteiger partial charge in [0.25, 0.3) is 0 Å². The van der Waals surface area contributed by atoms with E-state index in [4.69, 9.17) is 0 Å². The molecule has 0 radical (unpaired) electrons. The highest BCUT2D eigenvalue weighted by atomic mass is 79.9. The smallest absolute Gasteiger partial charge is 0.235 e. The second kappa shape index (κ2) is 6.59. The number of carbonyl (C=O) groups is 1. The molecule has 1 N–H and O–H groups in total. The van der Waals surface area contributed by atoms with Gasteiger partial charge in [-0.2, -0.15) is 5.26 Å². The zero-order chi connectivity index (χ0) is 15.5. The lowest BCUT2D eigenvalue weighted by Gasteiger charge is -2.25. The molecular weight excluding hydrogens is 330 g/mol. The minimum Gasteiger partial charge on any atom is -0.337 e. The van der Waals surface area contributed by atoms with Crippen LogP contribution in [0.5, 0.6) is 0 Å². The maximum atomic E-state index is 12.1. The summed E-state index contributed by atoms with van der Waals surface area (Å²) in [6.45, 7) is 2.78. The zero-order valence-corrected chi connectivity index (χ0v) is 14.0. The number of rotatable bonds is 6. The first kappa shape index (κ1) is 16.0. The second-order valence-corrected chi connectivity index (χ2v) is 6.75. The Bertz CT molecular complexity index is 565. The predicted molar refractivity (Wildman–Crippen MR) is 85.4 cm³/mol. The summed E-state index contributed by atoms with van der Waals surface area (Å²) >= 11 is 3.51. The molecule has 0 aromatic heterocycles. The van der Waals surface area contributed by atoms with E-state index in [-0.39, 0.29) is 12.5 Å². The fourth-order valence-corrected chi connectivity index (χ4v) is 2.84. The van der Waals surface area contributed by atoms with E-state index in [0.29, 0.717) is 12.5 Å². The summed E-state index contributed by atoms with van der Waals surface area (Å²) in [5.41, 5.74) is 0.420. The van der Waals surface area contributed by atoms with Crippen LogP contribution in [-0.4, -0.2) is 29.9 Å². The largest absolute Gasteiger partial charge is 0.337 e. The third kappa shape index (κ3) is 4.29. The van der Waals surface area contributed by atoms with Gasteiger partial charge in [-0.1, -0.05) is 34.1 Å². The van der Waals surface area contributed by atoms with Crippen LogP contribution in [0.25, 0.3) is 0 Å². The van der Waals surface area contributed by atoms with Crippen molar-refractivity contribution in [1.29, 1.82) is 5.26 Å². The van der Waals surface area contributed by atoms with Gasteiger partial charge in [-0.25, -0.2) is 0 Å². The Hall–Kier alpha value is -1.38. The molecule has 1 aliphatic rings. The highest BCUT2D eigenvalue weighted by Crippen LogP contribution is 2.39. The van der Waals surface area contributed by atoms with Gasteiger partial charge in [-0.05, 0) is 44.4 Å². The molecule has 0 bridgehead atoms. The molecule has 1 fully saturated rings. The van der Waals surface area contributed by atoms with E-state index in [1.165, 1.54) is 0 Å². The molecule has 5 heteroatoms. The summed E-state index contributed by atoms with van der Waals surface area (Å²) in [5, 5.41) is 12.1. The Balaban J connectivity index is 1.88. The van der Waals surface area contributed by atoms with Crippen LogP contribution < -0.4 is 5.32 Å². The summed E-state index contributed by atoms with van der Waals surface area (Å²) in [6.07, 6.45) is 2.05. The molecule has 0 saturated heterocycles. The lowest BCUT2D eigenvalue weighted by atomic mass is 9.98. The van der Waals surface area contributed by atoms with Crippen LogP contribution in [0.3, 0.4) is 0 Å². The molecule has 1 unspecified atom stereocenters. The number of carbonyl (C=O) groups excluding carboxylic acids is 1. The molecule has 21 heavy (non-hydrogen) atoms. The molecule has 2 rings (SSSR count). The van der Waals surface area contributed by atoms with Crippen LogP contribution in [0.15, 0.2) is 28.7 Å². The Morgan fingerprint density at radius 2 is 2.19 bits per heavy atom. The third-order valence-corrected chi connectivity index (χ3v) is 4.61. The maximum Gasteiger partial charge on any atom is 0.235 e. The Kier molecular flexibility index (Phi) is 5.02. The van der Waals surface area contributed by atoms with E-state index >= 15 is 0 Å². The maximum absolute atomic E-state index is 12.1. The number of nitrogens with zero attached hydrogens (tertiary/aromatic N) is 2. The van der Waals surface area contributed by atoms with E-state index < -0.39 is 5.54 Å². The van der Waals surface area contributed by atoms with Crippen molar-refractivity contribution < 1.29 is 4.79 Å².